The molecule has 0 radical (unpaired) electrons. The maximum Gasteiger partial charge on any atom is 0.157 e. The summed E-state index contributed by atoms with van der Waals surface area (Å²) in [4.78, 5) is 11.0. The lowest BCUT2D eigenvalue weighted by molar-refractivity contribution is -0.114. The van der Waals surface area contributed by atoms with Crippen LogP contribution in [0.3, 0.4) is 0 Å². The molecule has 0 amide bonds. The minimum atomic E-state index is 0.220. The van der Waals surface area contributed by atoms with Crippen molar-refractivity contribution in [1.29, 1.82) is 0 Å². The van der Waals surface area contributed by atoms with E-state index in [2.05, 4.69) is 5.32 Å². The fourth-order valence-electron chi connectivity index (χ4n) is 1.78. The fourth-order valence-corrected chi connectivity index (χ4v) is 1.78. The molecule has 0 saturated carbocycles. The van der Waals surface area contributed by atoms with Crippen LogP contribution in [0.25, 0.3) is 0 Å². The zero-order chi connectivity index (χ0) is 11.9. The molecular formula is C14H17NO2. The number of ketones is 1. The lowest BCUT2D eigenvalue weighted by Crippen LogP contribution is -2.18. The van der Waals surface area contributed by atoms with E-state index < -0.39 is 0 Å². The molecule has 1 aliphatic rings. The van der Waals surface area contributed by atoms with Gasteiger partial charge in [-0.25, -0.2) is 0 Å². The second kappa shape index (κ2) is 6.21. The van der Waals surface area contributed by atoms with Gasteiger partial charge in [0.25, 0.3) is 0 Å². The highest BCUT2D eigenvalue weighted by Gasteiger charge is 2.10. The van der Waals surface area contributed by atoms with Crippen molar-refractivity contribution in [3.8, 4) is 0 Å². The van der Waals surface area contributed by atoms with E-state index in [0.717, 1.165) is 18.7 Å². The molecule has 3 nitrogen and oxygen atoms in total. The first-order chi connectivity index (χ1) is 8.34. The van der Waals surface area contributed by atoms with Gasteiger partial charge in [-0.3, -0.25) is 4.79 Å². The normalized spacial score (nSPS) is 14.8. The molecule has 0 aromatic heterocycles. The summed E-state index contributed by atoms with van der Waals surface area (Å²) in [5.41, 5.74) is 2.22. The van der Waals surface area contributed by atoms with Crippen LogP contribution in [-0.4, -0.2) is 18.9 Å². The van der Waals surface area contributed by atoms with Gasteiger partial charge >= 0.3 is 0 Å². The van der Waals surface area contributed by atoms with E-state index in [-0.39, 0.29) is 5.78 Å². The Morgan fingerprint density at radius 3 is 2.71 bits per heavy atom. The highest BCUT2D eigenvalue weighted by atomic mass is 16.5. The summed E-state index contributed by atoms with van der Waals surface area (Å²) >= 11 is 0. The number of carbonyl (C=O) groups is 1. The lowest BCUT2D eigenvalue weighted by atomic mass is 10.2. The molecule has 0 atom stereocenters. The van der Waals surface area contributed by atoms with Gasteiger partial charge in [-0.2, -0.15) is 0 Å². The van der Waals surface area contributed by atoms with Crippen LogP contribution in [0.4, 0.5) is 0 Å². The van der Waals surface area contributed by atoms with Crippen molar-refractivity contribution in [3.05, 3.63) is 47.7 Å². The Hall–Kier alpha value is -1.61. The third kappa shape index (κ3) is 4.04. The van der Waals surface area contributed by atoms with E-state index in [0.29, 0.717) is 19.6 Å². The number of benzene rings is 1. The number of nitrogens with one attached hydrogen (secondary N) is 1. The average molecular weight is 231 g/mol. The topological polar surface area (TPSA) is 38.3 Å². The van der Waals surface area contributed by atoms with Crippen LogP contribution in [0.1, 0.15) is 18.4 Å². The fraction of sp³-hybridized carbons (Fsp3) is 0.357. The highest BCUT2D eigenvalue weighted by Crippen LogP contribution is 2.11. The van der Waals surface area contributed by atoms with Crippen molar-refractivity contribution in [2.24, 2.45) is 0 Å². The monoisotopic (exact) mass is 231 g/mol. The average Bonchev–Trinajstić information content (AvgIpc) is 2.76. The van der Waals surface area contributed by atoms with E-state index in [4.69, 9.17) is 4.74 Å². The van der Waals surface area contributed by atoms with Gasteiger partial charge in [-0.15, -0.1) is 0 Å². The molecule has 0 spiro atoms. The maximum atomic E-state index is 11.0. The molecule has 17 heavy (non-hydrogen) atoms. The Balaban J connectivity index is 1.58. The summed E-state index contributed by atoms with van der Waals surface area (Å²) in [6.07, 6.45) is 3.18. The number of carbonyl (C=O) groups excluding carboxylic acids is 1. The van der Waals surface area contributed by atoms with Crippen molar-refractivity contribution in [2.45, 2.75) is 19.4 Å². The predicted molar refractivity (Wildman–Crippen MR) is 66.4 cm³/mol. The van der Waals surface area contributed by atoms with Gasteiger partial charge in [0.1, 0.15) is 0 Å². The molecule has 3 heteroatoms. The minimum absolute atomic E-state index is 0.220. The number of allylic oxidation sites excluding steroid dienone is 2. The van der Waals surface area contributed by atoms with Crippen molar-refractivity contribution in [3.63, 3.8) is 0 Å². The molecule has 0 unspecified atom stereocenters. The Morgan fingerprint density at radius 1 is 1.18 bits per heavy atom. The largest absolute Gasteiger partial charge is 0.386 e. The summed E-state index contributed by atoms with van der Waals surface area (Å²) in [6.45, 7) is 2.05. The van der Waals surface area contributed by atoms with Crippen LogP contribution in [0, 0.1) is 0 Å². The van der Waals surface area contributed by atoms with Gasteiger partial charge in [0.15, 0.2) is 5.78 Å². The predicted octanol–water partition coefficient (Wildman–Crippen LogP) is 2.04. The standard InChI is InChI=1S/C14H17NO2/c16-14-7-6-13(10-14)15-8-9-17-11-12-4-2-1-3-5-12/h1-5,10,15H,6-9,11H2. The minimum Gasteiger partial charge on any atom is -0.386 e. The first-order valence-corrected chi connectivity index (χ1v) is 5.93. The van der Waals surface area contributed by atoms with Crippen molar-refractivity contribution < 1.29 is 9.53 Å². The van der Waals surface area contributed by atoms with E-state index in [9.17, 15) is 4.79 Å². The second-order valence-electron chi connectivity index (χ2n) is 4.10. The van der Waals surface area contributed by atoms with Crippen LogP contribution in [0.2, 0.25) is 0 Å². The molecule has 90 valence electrons. The van der Waals surface area contributed by atoms with E-state index in [1.165, 1.54) is 5.56 Å². The molecule has 1 N–H and O–H groups in total. The summed E-state index contributed by atoms with van der Waals surface area (Å²) in [6, 6.07) is 10.1. The van der Waals surface area contributed by atoms with Crippen LogP contribution >= 0.6 is 0 Å². The van der Waals surface area contributed by atoms with Gasteiger partial charge < -0.3 is 10.1 Å². The molecule has 1 aromatic carbocycles. The molecular weight excluding hydrogens is 214 g/mol. The lowest BCUT2D eigenvalue weighted by Gasteiger charge is -2.07. The van der Waals surface area contributed by atoms with Gasteiger partial charge in [0, 0.05) is 24.7 Å². The third-order valence-electron chi connectivity index (χ3n) is 2.69. The van der Waals surface area contributed by atoms with Crippen molar-refractivity contribution in [2.75, 3.05) is 13.2 Å². The van der Waals surface area contributed by atoms with Gasteiger partial charge in [0.2, 0.25) is 0 Å². The van der Waals surface area contributed by atoms with Crippen LogP contribution in [-0.2, 0) is 16.1 Å². The van der Waals surface area contributed by atoms with Crippen LogP contribution < -0.4 is 5.32 Å². The third-order valence-corrected chi connectivity index (χ3v) is 2.69. The number of rotatable bonds is 6. The van der Waals surface area contributed by atoms with E-state index in [1.54, 1.807) is 6.08 Å². The summed E-state index contributed by atoms with van der Waals surface area (Å²) in [5, 5.41) is 3.21. The molecule has 0 bridgehead atoms. The van der Waals surface area contributed by atoms with Crippen molar-refractivity contribution >= 4 is 5.78 Å². The number of hydrogen-bond acceptors (Lipinski definition) is 3. The quantitative estimate of drug-likeness (QED) is 0.761. The smallest absolute Gasteiger partial charge is 0.157 e. The first-order valence-electron chi connectivity index (χ1n) is 5.93. The van der Waals surface area contributed by atoms with E-state index >= 15 is 0 Å². The first kappa shape index (κ1) is 11.9. The second-order valence-corrected chi connectivity index (χ2v) is 4.10. The zero-order valence-electron chi connectivity index (χ0n) is 9.82. The zero-order valence-corrected chi connectivity index (χ0v) is 9.82. The Morgan fingerprint density at radius 2 is 2.00 bits per heavy atom. The molecule has 0 saturated heterocycles. The number of hydrogen-bond donors (Lipinski definition) is 1. The summed E-state index contributed by atoms with van der Waals surface area (Å²) < 4.78 is 5.53. The van der Waals surface area contributed by atoms with Gasteiger partial charge in [-0.1, -0.05) is 30.3 Å². The SMILES string of the molecule is O=C1C=C(NCCOCc2ccccc2)CC1. The Labute approximate surface area is 101 Å². The molecule has 2 rings (SSSR count). The molecule has 0 aliphatic heterocycles. The molecule has 0 fully saturated rings. The number of ether oxygens (including phenoxy) is 1. The van der Waals surface area contributed by atoms with E-state index in [1.807, 2.05) is 30.3 Å². The van der Waals surface area contributed by atoms with Gasteiger partial charge in [0.05, 0.1) is 13.2 Å². The summed E-state index contributed by atoms with van der Waals surface area (Å²) in [5.74, 6) is 0.220. The molecule has 1 aromatic rings. The summed E-state index contributed by atoms with van der Waals surface area (Å²) in [7, 11) is 0. The van der Waals surface area contributed by atoms with Crippen molar-refractivity contribution in [1.82, 2.24) is 5.32 Å². The Kier molecular flexibility index (Phi) is 4.33. The molecule has 1 aliphatic carbocycles. The van der Waals surface area contributed by atoms with Gasteiger partial charge in [-0.05, 0) is 12.0 Å². The maximum absolute atomic E-state index is 11.0. The Bertz CT molecular complexity index is 398. The highest BCUT2D eigenvalue weighted by molar-refractivity contribution is 5.92. The molecule has 0 heterocycles. The van der Waals surface area contributed by atoms with Crippen LogP contribution in [0.15, 0.2) is 42.1 Å². The van der Waals surface area contributed by atoms with Crippen LogP contribution in [0.5, 0.6) is 0 Å².